The highest BCUT2D eigenvalue weighted by molar-refractivity contribution is 6.15. The van der Waals surface area contributed by atoms with Gasteiger partial charge in [0.05, 0.1) is 7.11 Å². The number of esters is 2. The van der Waals surface area contributed by atoms with Crippen molar-refractivity contribution in [2.45, 2.75) is 19.6 Å². The van der Waals surface area contributed by atoms with E-state index in [2.05, 4.69) is 5.32 Å². The molecule has 0 spiro atoms. The second-order valence-electron chi connectivity index (χ2n) is 6.19. The van der Waals surface area contributed by atoms with E-state index in [0.717, 1.165) is 0 Å². The van der Waals surface area contributed by atoms with Crippen LogP contribution in [0.25, 0.3) is 0 Å². The Morgan fingerprint density at radius 3 is 2.19 bits per heavy atom. The molecule has 1 fully saturated rings. The number of methoxy groups -OCH3 is 1. The number of ether oxygens (including phenoxy) is 4. The molecule has 0 atom stereocenters. The quantitative estimate of drug-likeness (QED) is 0.490. The van der Waals surface area contributed by atoms with Gasteiger partial charge in [0.2, 0.25) is 0 Å². The van der Waals surface area contributed by atoms with E-state index in [9.17, 15) is 9.59 Å². The van der Waals surface area contributed by atoms with Crippen molar-refractivity contribution in [3.8, 4) is 17.2 Å². The predicted octanol–water partition coefficient (Wildman–Crippen LogP) is 3.62. The minimum Gasteiger partial charge on any atom is -0.497 e. The lowest BCUT2D eigenvalue weighted by atomic mass is 10.2. The Hall–Kier alpha value is -3.48. The Morgan fingerprint density at radius 2 is 1.56 bits per heavy atom. The summed E-state index contributed by atoms with van der Waals surface area (Å²) >= 11 is 0. The number of anilines is 1. The lowest BCUT2D eigenvalue weighted by Gasteiger charge is -2.29. The summed E-state index contributed by atoms with van der Waals surface area (Å²) in [6.07, 6.45) is 1.26. The molecule has 7 heteroatoms. The SMILES string of the molecule is COc1cccc(Oc2ccc(NC=C3C(=O)OC(C)(C)OC3=O)cc2)c1. The van der Waals surface area contributed by atoms with E-state index < -0.39 is 17.7 Å². The number of rotatable bonds is 5. The fourth-order valence-corrected chi connectivity index (χ4v) is 2.35. The molecule has 1 heterocycles. The van der Waals surface area contributed by atoms with Gasteiger partial charge >= 0.3 is 11.9 Å². The molecule has 0 amide bonds. The van der Waals surface area contributed by atoms with Crippen LogP contribution in [0.5, 0.6) is 17.2 Å². The monoisotopic (exact) mass is 369 g/mol. The number of hydrogen-bond acceptors (Lipinski definition) is 7. The van der Waals surface area contributed by atoms with Crippen LogP contribution in [0, 0.1) is 0 Å². The second-order valence-corrected chi connectivity index (χ2v) is 6.19. The molecule has 140 valence electrons. The normalized spacial score (nSPS) is 15.4. The molecule has 2 aromatic carbocycles. The fraction of sp³-hybridized carbons (Fsp3) is 0.200. The van der Waals surface area contributed by atoms with Gasteiger partial charge in [-0.05, 0) is 36.4 Å². The van der Waals surface area contributed by atoms with Crippen LogP contribution < -0.4 is 14.8 Å². The minimum absolute atomic E-state index is 0.203. The maximum atomic E-state index is 11.9. The zero-order valence-corrected chi connectivity index (χ0v) is 15.1. The molecule has 1 N–H and O–H groups in total. The zero-order chi connectivity index (χ0) is 19.4. The van der Waals surface area contributed by atoms with Crippen LogP contribution in [-0.4, -0.2) is 24.8 Å². The molecule has 0 aromatic heterocycles. The number of benzene rings is 2. The topological polar surface area (TPSA) is 83.1 Å². The zero-order valence-electron chi connectivity index (χ0n) is 15.1. The number of carbonyl (C=O) groups is 2. The first-order chi connectivity index (χ1) is 12.9. The Balaban J connectivity index is 1.65. The molecule has 27 heavy (non-hydrogen) atoms. The molecule has 0 aliphatic carbocycles. The third kappa shape index (κ3) is 4.58. The van der Waals surface area contributed by atoms with Gasteiger partial charge < -0.3 is 24.3 Å². The van der Waals surface area contributed by atoms with Gasteiger partial charge in [-0.25, -0.2) is 9.59 Å². The van der Waals surface area contributed by atoms with Crippen molar-refractivity contribution in [2.75, 3.05) is 12.4 Å². The summed E-state index contributed by atoms with van der Waals surface area (Å²) < 4.78 is 21.0. The minimum atomic E-state index is -1.26. The predicted molar refractivity (Wildman–Crippen MR) is 97.5 cm³/mol. The molecule has 1 aliphatic heterocycles. The molecule has 7 nitrogen and oxygen atoms in total. The van der Waals surface area contributed by atoms with E-state index in [4.69, 9.17) is 18.9 Å². The molecule has 1 saturated heterocycles. The highest BCUT2D eigenvalue weighted by Crippen LogP contribution is 2.26. The van der Waals surface area contributed by atoms with Crippen molar-refractivity contribution in [1.82, 2.24) is 0 Å². The summed E-state index contributed by atoms with van der Waals surface area (Å²) in [5.41, 5.74) is 0.456. The lowest BCUT2D eigenvalue weighted by Crippen LogP contribution is -2.42. The first-order valence-corrected chi connectivity index (χ1v) is 8.22. The Labute approximate surface area is 156 Å². The molecular weight excluding hydrogens is 350 g/mol. The average molecular weight is 369 g/mol. The van der Waals surface area contributed by atoms with Crippen molar-refractivity contribution in [3.63, 3.8) is 0 Å². The van der Waals surface area contributed by atoms with E-state index in [1.807, 2.05) is 18.2 Å². The molecule has 2 aromatic rings. The van der Waals surface area contributed by atoms with Crippen LogP contribution in [0.4, 0.5) is 5.69 Å². The van der Waals surface area contributed by atoms with Gasteiger partial charge in [-0.2, -0.15) is 0 Å². The van der Waals surface area contributed by atoms with E-state index in [1.54, 1.807) is 37.4 Å². The van der Waals surface area contributed by atoms with Crippen molar-refractivity contribution < 1.29 is 28.5 Å². The van der Waals surface area contributed by atoms with Gasteiger partial charge in [0.25, 0.3) is 5.79 Å². The summed E-state index contributed by atoms with van der Waals surface area (Å²) in [6.45, 7) is 2.99. The van der Waals surface area contributed by atoms with Gasteiger partial charge in [0.1, 0.15) is 17.2 Å². The van der Waals surface area contributed by atoms with Crippen LogP contribution in [-0.2, 0) is 19.1 Å². The number of nitrogens with one attached hydrogen (secondary N) is 1. The molecule has 0 unspecified atom stereocenters. The highest BCUT2D eigenvalue weighted by atomic mass is 16.7. The Kier molecular flexibility index (Phi) is 5.03. The Bertz CT molecular complexity index is 864. The van der Waals surface area contributed by atoms with E-state index in [-0.39, 0.29) is 5.57 Å². The summed E-state index contributed by atoms with van der Waals surface area (Å²) in [6, 6.07) is 14.3. The number of hydrogen-bond donors (Lipinski definition) is 1. The smallest absolute Gasteiger partial charge is 0.350 e. The van der Waals surface area contributed by atoms with Crippen LogP contribution in [0.2, 0.25) is 0 Å². The summed E-state index contributed by atoms with van der Waals surface area (Å²) in [7, 11) is 1.59. The molecule has 1 aliphatic rings. The third-order valence-electron chi connectivity index (χ3n) is 3.63. The molecule has 3 rings (SSSR count). The van der Waals surface area contributed by atoms with Crippen LogP contribution >= 0.6 is 0 Å². The standard InChI is InChI=1S/C20H19NO6/c1-20(2)26-18(22)17(19(23)27-20)12-21-13-7-9-14(10-8-13)25-16-6-4-5-15(11-16)24-3/h4-12,21H,1-3H3. The maximum absolute atomic E-state index is 11.9. The van der Waals surface area contributed by atoms with Crippen molar-refractivity contribution in [1.29, 1.82) is 0 Å². The molecule has 0 bridgehead atoms. The second kappa shape index (κ2) is 7.41. The summed E-state index contributed by atoms with van der Waals surface area (Å²) in [4.78, 5) is 23.8. The summed E-state index contributed by atoms with van der Waals surface area (Å²) in [5.74, 6) is -0.757. The number of cyclic esters (lactones) is 2. The maximum Gasteiger partial charge on any atom is 0.350 e. The van der Waals surface area contributed by atoms with Gasteiger partial charge in [0, 0.05) is 31.8 Å². The van der Waals surface area contributed by atoms with E-state index >= 15 is 0 Å². The number of carbonyl (C=O) groups excluding carboxylic acids is 2. The first kappa shape index (κ1) is 18.3. The van der Waals surface area contributed by atoms with E-state index in [0.29, 0.717) is 22.9 Å². The molecule has 0 radical (unpaired) electrons. The summed E-state index contributed by atoms with van der Waals surface area (Å²) in [5, 5.41) is 2.87. The van der Waals surface area contributed by atoms with Crippen LogP contribution in [0.15, 0.2) is 60.3 Å². The lowest BCUT2D eigenvalue weighted by molar-refractivity contribution is -0.222. The van der Waals surface area contributed by atoms with Gasteiger partial charge in [-0.15, -0.1) is 0 Å². The van der Waals surface area contributed by atoms with Crippen LogP contribution in [0.1, 0.15) is 13.8 Å². The van der Waals surface area contributed by atoms with Crippen molar-refractivity contribution in [2.24, 2.45) is 0 Å². The van der Waals surface area contributed by atoms with Gasteiger partial charge in [0.15, 0.2) is 5.57 Å². The highest BCUT2D eigenvalue weighted by Gasteiger charge is 2.38. The average Bonchev–Trinajstić information content (AvgIpc) is 2.61. The largest absolute Gasteiger partial charge is 0.497 e. The third-order valence-corrected chi connectivity index (χ3v) is 3.63. The van der Waals surface area contributed by atoms with Gasteiger partial charge in [-0.1, -0.05) is 6.07 Å². The van der Waals surface area contributed by atoms with Crippen molar-refractivity contribution >= 4 is 17.6 Å². The molecule has 0 saturated carbocycles. The van der Waals surface area contributed by atoms with Crippen molar-refractivity contribution in [3.05, 3.63) is 60.3 Å². The first-order valence-electron chi connectivity index (χ1n) is 8.22. The Morgan fingerprint density at radius 1 is 0.926 bits per heavy atom. The molecular formula is C20H19NO6. The van der Waals surface area contributed by atoms with Crippen LogP contribution in [0.3, 0.4) is 0 Å². The fourth-order valence-electron chi connectivity index (χ4n) is 2.35. The van der Waals surface area contributed by atoms with E-state index in [1.165, 1.54) is 20.0 Å². The van der Waals surface area contributed by atoms with Gasteiger partial charge in [-0.3, -0.25) is 0 Å².